The summed E-state index contributed by atoms with van der Waals surface area (Å²) in [5, 5.41) is 0. The fraction of sp³-hybridized carbons (Fsp3) is 0.545. The molecular formula is C11H17N2O+. The minimum atomic E-state index is 0.888. The lowest BCUT2D eigenvalue weighted by Crippen LogP contribution is -2.44. The second-order valence-corrected chi connectivity index (χ2v) is 3.57. The van der Waals surface area contributed by atoms with Gasteiger partial charge in [-0.3, -0.25) is 4.90 Å². The van der Waals surface area contributed by atoms with Crippen LogP contribution in [0.5, 0.6) is 0 Å². The van der Waals surface area contributed by atoms with Gasteiger partial charge in [0.1, 0.15) is 0 Å². The topological polar surface area (TPSA) is 16.4 Å². The Balaban J connectivity index is 1.76. The Bertz CT molecular complexity index is 257. The zero-order valence-electron chi connectivity index (χ0n) is 8.43. The van der Waals surface area contributed by atoms with Crippen LogP contribution in [0.25, 0.3) is 0 Å². The lowest BCUT2D eigenvalue weighted by Gasteiger charge is -2.25. The van der Waals surface area contributed by atoms with Crippen molar-refractivity contribution in [2.45, 2.75) is 6.54 Å². The Morgan fingerprint density at radius 1 is 1.07 bits per heavy atom. The van der Waals surface area contributed by atoms with Crippen molar-refractivity contribution in [1.29, 1.82) is 0 Å². The van der Waals surface area contributed by atoms with Crippen LogP contribution in [0.2, 0.25) is 0 Å². The minimum Gasteiger partial charge on any atom is -0.379 e. The molecule has 0 radical (unpaired) electrons. The standard InChI is InChI=1S/C11H17N2O/c1-2-4-12(5-3-1)6-7-13-8-10-14-11-9-13/h1-5H,6-11H2/q+1. The van der Waals surface area contributed by atoms with Crippen LogP contribution in [0.4, 0.5) is 0 Å². The third kappa shape index (κ3) is 2.79. The number of hydrogen-bond acceptors (Lipinski definition) is 2. The predicted octanol–water partition coefficient (Wildman–Crippen LogP) is 0.306. The van der Waals surface area contributed by atoms with Gasteiger partial charge in [0.05, 0.1) is 19.8 Å². The number of ether oxygens (including phenoxy) is 1. The maximum absolute atomic E-state index is 5.30. The smallest absolute Gasteiger partial charge is 0.168 e. The Morgan fingerprint density at radius 2 is 1.79 bits per heavy atom. The average molecular weight is 193 g/mol. The van der Waals surface area contributed by atoms with E-state index in [-0.39, 0.29) is 0 Å². The van der Waals surface area contributed by atoms with E-state index in [1.165, 1.54) is 0 Å². The van der Waals surface area contributed by atoms with E-state index in [0.717, 1.165) is 39.4 Å². The van der Waals surface area contributed by atoms with Crippen molar-refractivity contribution in [2.75, 3.05) is 32.8 Å². The molecule has 1 aromatic heterocycles. The van der Waals surface area contributed by atoms with Crippen LogP contribution >= 0.6 is 0 Å². The summed E-state index contributed by atoms with van der Waals surface area (Å²) < 4.78 is 7.52. The molecule has 2 heterocycles. The van der Waals surface area contributed by atoms with Gasteiger partial charge in [-0.15, -0.1) is 0 Å². The first-order valence-corrected chi connectivity index (χ1v) is 5.19. The molecule has 1 aliphatic heterocycles. The Hall–Kier alpha value is -0.930. The number of hydrogen-bond donors (Lipinski definition) is 0. The molecule has 1 fully saturated rings. The lowest BCUT2D eigenvalue weighted by atomic mass is 10.4. The molecule has 0 saturated carbocycles. The Kier molecular flexibility index (Phi) is 3.49. The van der Waals surface area contributed by atoms with Crippen LogP contribution in [-0.4, -0.2) is 37.7 Å². The van der Waals surface area contributed by atoms with Crippen molar-refractivity contribution in [1.82, 2.24) is 4.90 Å². The molecule has 0 spiro atoms. The molecule has 0 atom stereocenters. The number of nitrogens with zero attached hydrogens (tertiary/aromatic N) is 2. The molecule has 0 bridgehead atoms. The summed E-state index contributed by atoms with van der Waals surface area (Å²) in [5.41, 5.74) is 0. The first-order chi connectivity index (χ1) is 6.95. The normalized spacial score (nSPS) is 18.3. The molecule has 3 nitrogen and oxygen atoms in total. The zero-order valence-corrected chi connectivity index (χ0v) is 8.43. The molecule has 1 aromatic rings. The van der Waals surface area contributed by atoms with Gasteiger partial charge in [-0.2, -0.15) is 0 Å². The van der Waals surface area contributed by atoms with E-state index in [4.69, 9.17) is 4.74 Å². The molecule has 0 N–H and O–H groups in total. The van der Waals surface area contributed by atoms with Gasteiger partial charge in [0.2, 0.25) is 0 Å². The fourth-order valence-electron chi connectivity index (χ4n) is 1.67. The maximum Gasteiger partial charge on any atom is 0.168 e. The summed E-state index contributed by atoms with van der Waals surface area (Å²) in [5.74, 6) is 0. The summed E-state index contributed by atoms with van der Waals surface area (Å²) in [7, 11) is 0. The van der Waals surface area contributed by atoms with Gasteiger partial charge >= 0.3 is 0 Å². The van der Waals surface area contributed by atoms with Crippen LogP contribution in [0.1, 0.15) is 0 Å². The highest BCUT2D eigenvalue weighted by molar-refractivity contribution is 4.83. The molecule has 1 saturated heterocycles. The fourth-order valence-corrected chi connectivity index (χ4v) is 1.67. The predicted molar refractivity (Wildman–Crippen MR) is 53.9 cm³/mol. The van der Waals surface area contributed by atoms with Gasteiger partial charge in [-0.1, -0.05) is 6.07 Å². The van der Waals surface area contributed by atoms with Crippen molar-refractivity contribution in [3.63, 3.8) is 0 Å². The summed E-state index contributed by atoms with van der Waals surface area (Å²) >= 11 is 0. The molecule has 2 rings (SSSR count). The highest BCUT2D eigenvalue weighted by Gasteiger charge is 2.11. The van der Waals surface area contributed by atoms with Gasteiger partial charge in [0.15, 0.2) is 18.9 Å². The highest BCUT2D eigenvalue weighted by Crippen LogP contribution is 1.95. The van der Waals surface area contributed by atoms with Crippen molar-refractivity contribution in [2.24, 2.45) is 0 Å². The Labute approximate surface area is 84.9 Å². The maximum atomic E-state index is 5.30. The lowest BCUT2D eigenvalue weighted by molar-refractivity contribution is -0.696. The molecule has 14 heavy (non-hydrogen) atoms. The molecule has 0 aliphatic carbocycles. The molecule has 1 aliphatic rings. The van der Waals surface area contributed by atoms with E-state index in [9.17, 15) is 0 Å². The van der Waals surface area contributed by atoms with Gasteiger partial charge in [-0.25, -0.2) is 4.57 Å². The van der Waals surface area contributed by atoms with Gasteiger partial charge < -0.3 is 4.74 Å². The van der Waals surface area contributed by atoms with Crippen molar-refractivity contribution in [3.05, 3.63) is 30.6 Å². The highest BCUT2D eigenvalue weighted by atomic mass is 16.5. The molecule has 0 aromatic carbocycles. The number of aromatic nitrogens is 1. The molecule has 0 amide bonds. The quantitative estimate of drug-likeness (QED) is 0.642. The second-order valence-electron chi connectivity index (χ2n) is 3.57. The van der Waals surface area contributed by atoms with E-state index < -0.39 is 0 Å². The summed E-state index contributed by atoms with van der Waals surface area (Å²) in [6, 6.07) is 6.18. The summed E-state index contributed by atoms with van der Waals surface area (Å²) in [6.07, 6.45) is 4.22. The van der Waals surface area contributed by atoms with Gasteiger partial charge in [-0.05, 0) is 0 Å². The van der Waals surface area contributed by atoms with E-state index >= 15 is 0 Å². The van der Waals surface area contributed by atoms with E-state index in [1.807, 2.05) is 6.07 Å². The minimum absolute atomic E-state index is 0.888. The van der Waals surface area contributed by atoms with Crippen LogP contribution in [0, 0.1) is 0 Å². The first kappa shape index (κ1) is 9.62. The van der Waals surface area contributed by atoms with Crippen LogP contribution < -0.4 is 4.57 Å². The van der Waals surface area contributed by atoms with Crippen LogP contribution in [0.15, 0.2) is 30.6 Å². The number of morpholine rings is 1. The van der Waals surface area contributed by atoms with Crippen molar-refractivity contribution in [3.8, 4) is 0 Å². The number of pyridine rings is 1. The van der Waals surface area contributed by atoms with Crippen LogP contribution in [-0.2, 0) is 11.3 Å². The van der Waals surface area contributed by atoms with E-state index in [1.54, 1.807) is 0 Å². The molecule has 76 valence electrons. The summed E-state index contributed by atoms with van der Waals surface area (Å²) in [4.78, 5) is 2.45. The second kappa shape index (κ2) is 5.08. The monoisotopic (exact) mass is 193 g/mol. The molecule has 3 heteroatoms. The first-order valence-electron chi connectivity index (χ1n) is 5.19. The third-order valence-electron chi connectivity index (χ3n) is 2.56. The SMILES string of the molecule is c1cc[n+](CCN2CCOCC2)cc1. The van der Waals surface area contributed by atoms with E-state index in [0.29, 0.717) is 0 Å². The summed E-state index contributed by atoms with van der Waals surface area (Å²) in [6.45, 7) is 6.12. The van der Waals surface area contributed by atoms with Crippen LogP contribution in [0.3, 0.4) is 0 Å². The Morgan fingerprint density at radius 3 is 2.50 bits per heavy atom. The van der Waals surface area contributed by atoms with E-state index in [2.05, 4.69) is 34.0 Å². The number of rotatable bonds is 3. The molecular weight excluding hydrogens is 176 g/mol. The van der Waals surface area contributed by atoms with Crippen molar-refractivity contribution < 1.29 is 9.30 Å². The largest absolute Gasteiger partial charge is 0.379 e. The average Bonchev–Trinajstić information content (AvgIpc) is 2.29. The third-order valence-corrected chi connectivity index (χ3v) is 2.56. The molecule has 0 unspecified atom stereocenters. The van der Waals surface area contributed by atoms with Gasteiger partial charge in [0.25, 0.3) is 0 Å². The zero-order chi connectivity index (χ0) is 9.64. The van der Waals surface area contributed by atoms with Crippen molar-refractivity contribution >= 4 is 0 Å². The van der Waals surface area contributed by atoms with Gasteiger partial charge in [0, 0.05) is 25.2 Å².